The van der Waals surface area contributed by atoms with Crippen LogP contribution in [0.4, 0.5) is 5.69 Å². The smallest absolute Gasteiger partial charge is 0.243 e. The average molecular weight is 378 g/mol. The van der Waals surface area contributed by atoms with E-state index >= 15 is 0 Å². The van der Waals surface area contributed by atoms with Crippen molar-refractivity contribution in [2.45, 2.75) is 37.0 Å². The summed E-state index contributed by atoms with van der Waals surface area (Å²) in [4.78, 5) is 12.6. The first-order valence-electron chi connectivity index (χ1n) is 9.50. The summed E-state index contributed by atoms with van der Waals surface area (Å²) in [6.45, 7) is 1.61. The number of nitrogens with one attached hydrogen (secondary N) is 1. The van der Waals surface area contributed by atoms with Gasteiger partial charge in [0.2, 0.25) is 15.9 Å². The number of rotatable bonds is 5. The number of anilines is 1. The number of amides is 1. The van der Waals surface area contributed by atoms with Gasteiger partial charge in [0.1, 0.15) is 0 Å². The quantitative estimate of drug-likeness (QED) is 0.854. The second-order valence-corrected chi connectivity index (χ2v) is 9.67. The predicted octanol–water partition coefficient (Wildman–Crippen LogP) is 2.47. The molecule has 2 aliphatic carbocycles. The average Bonchev–Trinajstić information content (AvgIpc) is 3.26. The molecular weight excluding hydrogens is 352 g/mol. The molecule has 1 aliphatic heterocycles. The fraction of sp³-hybridized carbons (Fsp3) is 0.632. The molecule has 1 aromatic carbocycles. The number of fused-ring (bicyclic) bond motifs is 2. The van der Waals surface area contributed by atoms with Crippen molar-refractivity contribution >= 4 is 21.6 Å². The van der Waals surface area contributed by atoms with Crippen molar-refractivity contribution in [1.29, 1.82) is 0 Å². The Hall–Kier alpha value is -1.44. The zero-order valence-electron chi connectivity index (χ0n) is 14.9. The molecule has 1 aromatic rings. The van der Waals surface area contributed by atoms with Crippen molar-refractivity contribution < 1.29 is 17.9 Å². The summed E-state index contributed by atoms with van der Waals surface area (Å²) < 4.78 is 31.9. The number of hydrogen-bond donors (Lipinski definition) is 1. The maximum Gasteiger partial charge on any atom is 0.243 e. The molecule has 4 rings (SSSR count). The van der Waals surface area contributed by atoms with E-state index < -0.39 is 10.0 Å². The number of sulfonamides is 1. The van der Waals surface area contributed by atoms with Crippen molar-refractivity contribution in [3.05, 3.63) is 24.3 Å². The molecule has 1 saturated heterocycles. The second kappa shape index (κ2) is 7.29. The SMILES string of the molecule is O=C(C[C@H]1C[C@H]2CC[C@H]1C2)Nc1ccc(S(=O)(=O)N2CCOCC2)cc1. The van der Waals surface area contributed by atoms with Crippen LogP contribution in [-0.4, -0.2) is 44.9 Å². The van der Waals surface area contributed by atoms with Gasteiger partial charge in [-0.15, -0.1) is 0 Å². The zero-order valence-corrected chi connectivity index (χ0v) is 15.7. The molecule has 26 heavy (non-hydrogen) atoms. The van der Waals surface area contributed by atoms with Gasteiger partial charge >= 0.3 is 0 Å². The largest absolute Gasteiger partial charge is 0.379 e. The van der Waals surface area contributed by atoms with Gasteiger partial charge in [-0.25, -0.2) is 8.42 Å². The molecule has 2 bridgehead atoms. The van der Waals surface area contributed by atoms with Gasteiger partial charge in [-0.2, -0.15) is 4.31 Å². The van der Waals surface area contributed by atoms with Crippen LogP contribution < -0.4 is 5.32 Å². The van der Waals surface area contributed by atoms with Crippen molar-refractivity contribution in [1.82, 2.24) is 4.31 Å². The molecule has 6 nitrogen and oxygen atoms in total. The van der Waals surface area contributed by atoms with E-state index in [2.05, 4.69) is 5.32 Å². The lowest BCUT2D eigenvalue weighted by Crippen LogP contribution is -2.40. The number of ether oxygens (including phenoxy) is 1. The number of carbonyl (C=O) groups excluding carboxylic acids is 1. The van der Waals surface area contributed by atoms with E-state index in [1.54, 1.807) is 24.3 Å². The Morgan fingerprint density at radius 1 is 1.12 bits per heavy atom. The molecule has 3 atom stereocenters. The molecule has 0 spiro atoms. The highest BCUT2D eigenvalue weighted by Gasteiger charge is 2.40. The maximum atomic E-state index is 12.6. The third kappa shape index (κ3) is 3.66. The Morgan fingerprint density at radius 3 is 2.46 bits per heavy atom. The van der Waals surface area contributed by atoms with Crippen molar-refractivity contribution in [2.75, 3.05) is 31.6 Å². The fourth-order valence-electron chi connectivity index (χ4n) is 4.72. The van der Waals surface area contributed by atoms with Crippen LogP contribution in [0.2, 0.25) is 0 Å². The van der Waals surface area contributed by atoms with Crippen LogP contribution in [0.15, 0.2) is 29.2 Å². The number of hydrogen-bond acceptors (Lipinski definition) is 4. The molecule has 7 heteroatoms. The third-order valence-electron chi connectivity index (χ3n) is 6.08. The molecule has 1 N–H and O–H groups in total. The lowest BCUT2D eigenvalue weighted by atomic mass is 9.86. The van der Waals surface area contributed by atoms with Gasteiger partial charge in [0.25, 0.3) is 0 Å². The molecule has 1 heterocycles. The van der Waals surface area contributed by atoms with Crippen LogP contribution in [0.5, 0.6) is 0 Å². The Kier molecular flexibility index (Phi) is 5.03. The van der Waals surface area contributed by atoms with E-state index in [1.807, 2.05) is 0 Å². The van der Waals surface area contributed by atoms with Gasteiger partial charge in [0.05, 0.1) is 18.1 Å². The summed E-state index contributed by atoms with van der Waals surface area (Å²) in [5.74, 6) is 2.12. The molecule has 0 radical (unpaired) electrons. The fourth-order valence-corrected chi connectivity index (χ4v) is 6.13. The van der Waals surface area contributed by atoms with Crippen LogP contribution >= 0.6 is 0 Å². The van der Waals surface area contributed by atoms with Gasteiger partial charge in [0.15, 0.2) is 0 Å². The highest BCUT2D eigenvalue weighted by Crippen LogP contribution is 2.49. The number of carbonyl (C=O) groups is 1. The topological polar surface area (TPSA) is 75.7 Å². The van der Waals surface area contributed by atoms with Crippen LogP contribution in [-0.2, 0) is 19.6 Å². The first-order valence-corrected chi connectivity index (χ1v) is 10.9. The Morgan fingerprint density at radius 2 is 1.85 bits per heavy atom. The normalized spacial score (nSPS) is 29.0. The predicted molar refractivity (Wildman–Crippen MR) is 98.2 cm³/mol. The van der Waals surface area contributed by atoms with Crippen LogP contribution in [0.1, 0.15) is 32.1 Å². The summed E-state index contributed by atoms with van der Waals surface area (Å²) in [6, 6.07) is 6.48. The number of nitrogens with zero attached hydrogens (tertiary/aromatic N) is 1. The molecule has 2 saturated carbocycles. The summed E-state index contributed by atoms with van der Waals surface area (Å²) in [7, 11) is -3.49. The first-order chi connectivity index (χ1) is 12.5. The number of morpholine rings is 1. The highest BCUT2D eigenvalue weighted by atomic mass is 32.2. The lowest BCUT2D eigenvalue weighted by Gasteiger charge is -2.26. The van der Waals surface area contributed by atoms with E-state index in [1.165, 1.54) is 30.0 Å². The van der Waals surface area contributed by atoms with Crippen LogP contribution in [0.25, 0.3) is 0 Å². The maximum absolute atomic E-state index is 12.6. The molecule has 1 amide bonds. The van der Waals surface area contributed by atoms with Gasteiger partial charge in [-0.05, 0) is 61.3 Å². The number of benzene rings is 1. The molecule has 0 aromatic heterocycles. The Bertz CT molecular complexity index is 756. The third-order valence-corrected chi connectivity index (χ3v) is 7.99. The van der Waals surface area contributed by atoms with E-state index in [0.717, 1.165) is 11.8 Å². The van der Waals surface area contributed by atoms with E-state index in [0.29, 0.717) is 44.3 Å². The Balaban J connectivity index is 1.36. The lowest BCUT2D eigenvalue weighted by molar-refractivity contribution is -0.117. The minimum atomic E-state index is -3.49. The summed E-state index contributed by atoms with van der Waals surface area (Å²) in [5.41, 5.74) is 0.652. The van der Waals surface area contributed by atoms with Gasteiger partial charge in [-0.3, -0.25) is 4.79 Å². The summed E-state index contributed by atoms with van der Waals surface area (Å²) in [5, 5.41) is 2.92. The van der Waals surface area contributed by atoms with Crippen molar-refractivity contribution in [3.8, 4) is 0 Å². The highest BCUT2D eigenvalue weighted by molar-refractivity contribution is 7.89. The minimum Gasteiger partial charge on any atom is -0.379 e. The zero-order chi connectivity index (χ0) is 18.1. The summed E-state index contributed by atoms with van der Waals surface area (Å²) >= 11 is 0. The molecule has 142 valence electrons. The van der Waals surface area contributed by atoms with Crippen LogP contribution in [0, 0.1) is 17.8 Å². The van der Waals surface area contributed by atoms with Gasteiger partial charge < -0.3 is 10.1 Å². The van der Waals surface area contributed by atoms with Crippen molar-refractivity contribution in [3.63, 3.8) is 0 Å². The Labute approximate surface area is 155 Å². The first kappa shape index (κ1) is 17.9. The van der Waals surface area contributed by atoms with E-state index in [4.69, 9.17) is 4.74 Å². The van der Waals surface area contributed by atoms with E-state index in [9.17, 15) is 13.2 Å². The van der Waals surface area contributed by atoms with Crippen molar-refractivity contribution in [2.24, 2.45) is 17.8 Å². The monoisotopic (exact) mass is 378 g/mol. The molecular formula is C19H26N2O4S. The van der Waals surface area contributed by atoms with Gasteiger partial charge in [-0.1, -0.05) is 6.42 Å². The molecule has 3 fully saturated rings. The molecule has 0 unspecified atom stereocenters. The standard InChI is InChI=1S/C19H26N2O4S/c22-19(13-16-12-14-1-2-15(16)11-14)20-17-3-5-18(6-4-17)26(23,24)21-7-9-25-10-8-21/h3-6,14-16H,1-2,7-13H2,(H,20,22)/t14-,15-,16+/m0/s1. The minimum absolute atomic E-state index is 0.0336. The van der Waals surface area contributed by atoms with E-state index in [-0.39, 0.29) is 10.8 Å². The van der Waals surface area contributed by atoms with Gasteiger partial charge in [0, 0.05) is 25.2 Å². The van der Waals surface area contributed by atoms with Crippen LogP contribution in [0.3, 0.4) is 0 Å². The summed E-state index contributed by atoms with van der Waals surface area (Å²) in [6.07, 6.45) is 5.68. The molecule has 3 aliphatic rings. The second-order valence-electron chi connectivity index (χ2n) is 7.73.